The fourth-order valence-corrected chi connectivity index (χ4v) is 5.83. The van der Waals surface area contributed by atoms with Gasteiger partial charge in [-0.25, -0.2) is 8.42 Å². The number of amides is 2. The summed E-state index contributed by atoms with van der Waals surface area (Å²) in [5, 5.41) is 2.74. The molecule has 0 aliphatic rings. The maximum atomic E-state index is 13.9. The molecule has 1 N–H and O–H groups in total. The first-order valence-corrected chi connectivity index (χ1v) is 14.5. The molecule has 2 amide bonds. The van der Waals surface area contributed by atoms with Crippen molar-refractivity contribution >= 4 is 43.5 Å². The molecule has 0 aliphatic heterocycles. The van der Waals surface area contributed by atoms with E-state index in [2.05, 4.69) is 21.2 Å². The van der Waals surface area contributed by atoms with E-state index in [1.54, 1.807) is 38.1 Å². The van der Waals surface area contributed by atoms with Crippen LogP contribution in [0.3, 0.4) is 0 Å². The van der Waals surface area contributed by atoms with Gasteiger partial charge in [-0.3, -0.25) is 13.9 Å². The van der Waals surface area contributed by atoms with Crippen molar-refractivity contribution in [2.75, 3.05) is 31.6 Å². The Balaban J connectivity index is 2.07. The lowest BCUT2D eigenvalue weighted by Gasteiger charge is -2.32. The van der Waals surface area contributed by atoms with E-state index < -0.39 is 28.5 Å². The van der Waals surface area contributed by atoms with Crippen LogP contribution in [0.4, 0.5) is 5.69 Å². The first-order chi connectivity index (χ1) is 18.6. The summed E-state index contributed by atoms with van der Waals surface area (Å²) < 4.78 is 40.3. The number of halogens is 1. The number of nitrogens with zero attached hydrogens (tertiary/aromatic N) is 2. The number of likely N-dealkylation sites (N-methyl/N-ethyl adjacent to an activating group) is 1. The lowest BCUT2D eigenvalue weighted by molar-refractivity contribution is -0.139. The number of hydrogen-bond acceptors (Lipinski definition) is 6. The minimum atomic E-state index is -4.23. The van der Waals surface area contributed by atoms with Crippen LogP contribution in [-0.2, 0) is 26.2 Å². The maximum absolute atomic E-state index is 13.9. The van der Waals surface area contributed by atoms with E-state index in [0.717, 1.165) is 14.3 Å². The third kappa shape index (κ3) is 7.30. The van der Waals surface area contributed by atoms with Crippen molar-refractivity contribution < 1.29 is 27.5 Å². The summed E-state index contributed by atoms with van der Waals surface area (Å²) in [6, 6.07) is 19.0. The molecule has 0 bridgehead atoms. The molecule has 0 saturated heterocycles. The largest absolute Gasteiger partial charge is 0.497 e. The quantitative estimate of drug-likeness (QED) is 0.326. The van der Waals surface area contributed by atoms with E-state index in [-0.39, 0.29) is 28.8 Å². The molecular weight excluding hydrogens is 586 g/mol. The molecule has 9 nitrogen and oxygen atoms in total. The molecular formula is C28H32BrN3O6S. The minimum Gasteiger partial charge on any atom is -0.497 e. The van der Waals surface area contributed by atoms with E-state index in [9.17, 15) is 18.0 Å². The molecule has 208 valence electrons. The summed E-state index contributed by atoms with van der Waals surface area (Å²) in [5.74, 6) is -0.137. The average Bonchev–Trinajstić information content (AvgIpc) is 2.94. The molecule has 3 aromatic rings. The SMILES string of the molecule is CCNC(=O)[C@@H](C)N(Cc1cccc(Br)c1)C(=O)CN(c1ccccc1OC)S(=O)(=O)c1ccc(OC)cc1. The highest BCUT2D eigenvalue weighted by molar-refractivity contribution is 9.10. The van der Waals surface area contributed by atoms with Crippen LogP contribution in [0.15, 0.2) is 82.2 Å². The summed E-state index contributed by atoms with van der Waals surface area (Å²) >= 11 is 3.44. The predicted molar refractivity (Wildman–Crippen MR) is 153 cm³/mol. The molecule has 0 saturated carbocycles. The van der Waals surface area contributed by atoms with Gasteiger partial charge in [0.25, 0.3) is 10.0 Å². The number of methoxy groups -OCH3 is 2. The van der Waals surface area contributed by atoms with E-state index in [0.29, 0.717) is 12.3 Å². The monoisotopic (exact) mass is 617 g/mol. The lowest BCUT2D eigenvalue weighted by atomic mass is 10.1. The Kier molecular flexibility index (Phi) is 10.4. The molecule has 39 heavy (non-hydrogen) atoms. The summed E-state index contributed by atoms with van der Waals surface area (Å²) in [6.07, 6.45) is 0. The van der Waals surface area contributed by atoms with Gasteiger partial charge in [-0.15, -0.1) is 0 Å². The van der Waals surface area contributed by atoms with Gasteiger partial charge < -0.3 is 19.7 Å². The number of rotatable bonds is 12. The number of ether oxygens (including phenoxy) is 2. The molecule has 0 aromatic heterocycles. The fourth-order valence-electron chi connectivity index (χ4n) is 3.96. The topological polar surface area (TPSA) is 105 Å². The van der Waals surface area contributed by atoms with Gasteiger partial charge in [0.15, 0.2) is 0 Å². The number of carbonyl (C=O) groups is 2. The lowest BCUT2D eigenvalue weighted by Crippen LogP contribution is -2.51. The van der Waals surface area contributed by atoms with Gasteiger partial charge in [0.1, 0.15) is 24.1 Å². The molecule has 0 spiro atoms. The van der Waals surface area contributed by atoms with Crippen molar-refractivity contribution in [2.24, 2.45) is 0 Å². The van der Waals surface area contributed by atoms with Crippen LogP contribution in [0.5, 0.6) is 11.5 Å². The summed E-state index contributed by atoms with van der Waals surface area (Å²) in [7, 11) is -1.32. The molecule has 11 heteroatoms. The molecule has 0 heterocycles. The summed E-state index contributed by atoms with van der Waals surface area (Å²) in [6.45, 7) is 3.33. The number of benzene rings is 3. The Morgan fingerprint density at radius 3 is 2.28 bits per heavy atom. The van der Waals surface area contributed by atoms with Crippen molar-refractivity contribution in [1.82, 2.24) is 10.2 Å². The molecule has 3 aromatic carbocycles. The van der Waals surface area contributed by atoms with E-state index >= 15 is 0 Å². The van der Waals surface area contributed by atoms with Crippen LogP contribution in [-0.4, -0.2) is 58.5 Å². The van der Waals surface area contributed by atoms with Gasteiger partial charge in [0.05, 0.1) is 24.8 Å². The van der Waals surface area contributed by atoms with Gasteiger partial charge in [-0.2, -0.15) is 0 Å². The Bertz CT molecular complexity index is 1400. The molecule has 1 atom stereocenters. The fraction of sp³-hybridized carbons (Fsp3) is 0.286. The van der Waals surface area contributed by atoms with E-state index in [4.69, 9.17) is 9.47 Å². The van der Waals surface area contributed by atoms with Crippen LogP contribution in [0.1, 0.15) is 19.4 Å². The highest BCUT2D eigenvalue weighted by atomic mass is 79.9. The second-order valence-electron chi connectivity index (χ2n) is 8.58. The Morgan fingerprint density at radius 2 is 1.67 bits per heavy atom. The zero-order valence-electron chi connectivity index (χ0n) is 22.3. The standard InChI is InChI=1S/C28H32BrN3O6S/c1-5-30-28(34)20(2)31(18-21-9-8-10-22(29)17-21)27(33)19-32(25-11-6-7-12-26(25)38-4)39(35,36)24-15-13-23(37-3)14-16-24/h6-17,20H,5,18-19H2,1-4H3,(H,30,34)/t20-/m1/s1. The number of hydrogen-bond donors (Lipinski definition) is 1. The Labute approximate surface area is 237 Å². The molecule has 0 radical (unpaired) electrons. The third-order valence-electron chi connectivity index (χ3n) is 6.04. The highest BCUT2D eigenvalue weighted by Crippen LogP contribution is 2.33. The van der Waals surface area contributed by atoms with Gasteiger partial charge in [-0.05, 0) is 67.9 Å². The third-order valence-corrected chi connectivity index (χ3v) is 8.31. The van der Waals surface area contributed by atoms with Crippen LogP contribution < -0.4 is 19.1 Å². The Morgan fingerprint density at radius 1 is 0.974 bits per heavy atom. The van der Waals surface area contributed by atoms with Crippen molar-refractivity contribution in [3.63, 3.8) is 0 Å². The van der Waals surface area contributed by atoms with Crippen LogP contribution in [0.25, 0.3) is 0 Å². The van der Waals surface area contributed by atoms with Crippen molar-refractivity contribution in [2.45, 2.75) is 31.3 Å². The minimum absolute atomic E-state index is 0.0303. The molecule has 0 fully saturated rings. The van der Waals surface area contributed by atoms with Gasteiger partial charge in [0, 0.05) is 17.6 Å². The maximum Gasteiger partial charge on any atom is 0.264 e. The smallest absolute Gasteiger partial charge is 0.264 e. The Hall–Kier alpha value is -3.57. The van der Waals surface area contributed by atoms with Gasteiger partial charge >= 0.3 is 0 Å². The predicted octanol–water partition coefficient (Wildman–Crippen LogP) is 4.22. The van der Waals surface area contributed by atoms with Crippen LogP contribution in [0, 0.1) is 0 Å². The normalized spacial score (nSPS) is 11.8. The molecule has 0 aliphatic carbocycles. The number of anilines is 1. The average molecular weight is 619 g/mol. The zero-order chi connectivity index (χ0) is 28.6. The molecule has 3 rings (SSSR count). The summed E-state index contributed by atoms with van der Waals surface area (Å²) in [4.78, 5) is 28.1. The zero-order valence-corrected chi connectivity index (χ0v) is 24.7. The van der Waals surface area contributed by atoms with Crippen LogP contribution >= 0.6 is 15.9 Å². The first kappa shape index (κ1) is 30.0. The van der Waals surface area contributed by atoms with Crippen molar-refractivity contribution in [3.05, 3.63) is 82.8 Å². The summed E-state index contributed by atoms with van der Waals surface area (Å²) in [5.41, 5.74) is 0.966. The second kappa shape index (κ2) is 13.5. The van der Waals surface area contributed by atoms with Crippen molar-refractivity contribution in [1.29, 1.82) is 0 Å². The number of para-hydroxylation sites is 2. The number of sulfonamides is 1. The van der Waals surface area contributed by atoms with Crippen LogP contribution in [0.2, 0.25) is 0 Å². The molecule has 0 unspecified atom stereocenters. The van der Waals surface area contributed by atoms with E-state index in [1.165, 1.54) is 43.4 Å². The second-order valence-corrected chi connectivity index (χ2v) is 11.4. The van der Waals surface area contributed by atoms with Crippen molar-refractivity contribution in [3.8, 4) is 11.5 Å². The highest BCUT2D eigenvalue weighted by Gasteiger charge is 2.33. The number of carbonyl (C=O) groups excluding carboxylic acids is 2. The van der Waals surface area contributed by atoms with Gasteiger partial charge in [0.2, 0.25) is 11.8 Å². The number of nitrogens with one attached hydrogen (secondary N) is 1. The van der Waals surface area contributed by atoms with E-state index in [1.807, 2.05) is 24.3 Å². The first-order valence-electron chi connectivity index (χ1n) is 12.2. The van der Waals surface area contributed by atoms with Gasteiger partial charge in [-0.1, -0.05) is 40.2 Å².